The second kappa shape index (κ2) is 8.39. The number of benzene rings is 2. The van der Waals surface area contributed by atoms with Crippen LogP contribution < -0.4 is 9.46 Å². The van der Waals surface area contributed by atoms with Crippen molar-refractivity contribution in [2.24, 2.45) is 0 Å². The van der Waals surface area contributed by atoms with E-state index in [0.717, 1.165) is 11.1 Å². The summed E-state index contributed by atoms with van der Waals surface area (Å²) in [6.45, 7) is 6.10. The van der Waals surface area contributed by atoms with Crippen LogP contribution in [0.5, 0.6) is 5.75 Å². The van der Waals surface area contributed by atoms with Crippen LogP contribution in [0.25, 0.3) is 0 Å². The van der Waals surface area contributed by atoms with E-state index in [1.165, 1.54) is 13.2 Å². The van der Waals surface area contributed by atoms with Crippen LogP contribution in [0.15, 0.2) is 47.4 Å². The molecule has 0 aliphatic carbocycles. The normalized spacial score (nSPS) is 14.0. The number of rotatable bonds is 8. The van der Waals surface area contributed by atoms with E-state index in [0.29, 0.717) is 17.4 Å². The Morgan fingerprint density at radius 3 is 2.50 bits per heavy atom. The van der Waals surface area contributed by atoms with Crippen LogP contribution in [0.4, 0.5) is 0 Å². The van der Waals surface area contributed by atoms with Gasteiger partial charge >= 0.3 is 0 Å². The van der Waals surface area contributed by atoms with Gasteiger partial charge in [0.15, 0.2) is 0 Å². The molecule has 2 aromatic rings. The number of hydrogen-bond donors (Lipinski definition) is 1. The number of halogens is 1. The molecule has 26 heavy (non-hydrogen) atoms. The van der Waals surface area contributed by atoms with Crippen molar-refractivity contribution in [3.05, 3.63) is 58.6 Å². The number of sulfonamides is 1. The van der Waals surface area contributed by atoms with E-state index in [4.69, 9.17) is 21.1 Å². The minimum absolute atomic E-state index is 0.0679. The minimum Gasteiger partial charge on any atom is -0.494 e. The third-order valence-corrected chi connectivity index (χ3v) is 5.88. The van der Waals surface area contributed by atoms with Gasteiger partial charge in [0, 0.05) is 18.7 Å². The topological polar surface area (TPSA) is 64.6 Å². The highest BCUT2D eigenvalue weighted by molar-refractivity contribution is 7.89. The summed E-state index contributed by atoms with van der Waals surface area (Å²) < 4.78 is 39.0. The van der Waals surface area contributed by atoms with Crippen LogP contribution in [0, 0.1) is 6.92 Å². The molecule has 0 aliphatic heterocycles. The second-order valence-corrected chi connectivity index (χ2v) is 8.33. The van der Waals surface area contributed by atoms with Gasteiger partial charge in [0.25, 0.3) is 0 Å². The Balaban J connectivity index is 2.22. The average molecular weight is 398 g/mol. The van der Waals surface area contributed by atoms with Crippen molar-refractivity contribution in [1.82, 2.24) is 4.72 Å². The third kappa shape index (κ3) is 4.76. The fourth-order valence-corrected chi connectivity index (χ4v) is 3.93. The molecule has 0 amide bonds. The van der Waals surface area contributed by atoms with Crippen LogP contribution in [-0.4, -0.2) is 28.7 Å². The Bertz CT molecular complexity index is 870. The number of ether oxygens (including phenoxy) is 2. The predicted octanol–water partition coefficient (Wildman–Crippen LogP) is 3.89. The summed E-state index contributed by atoms with van der Waals surface area (Å²) in [5, 5.41) is 0.566. The Hall–Kier alpha value is -1.60. The quantitative estimate of drug-likeness (QED) is 0.733. The van der Waals surface area contributed by atoms with Gasteiger partial charge in [0.05, 0.1) is 11.5 Å². The standard InChI is InChI=1S/C19H24ClNO4S/c1-5-25-18-10-9-17(11-14(18)2)26(22,23)21-13-19(3,24-4)15-7-6-8-16(20)12-15/h6-12,21H,5,13H2,1-4H3. The monoisotopic (exact) mass is 397 g/mol. The largest absolute Gasteiger partial charge is 0.494 e. The van der Waals surface area contributed by atoms with Gasteiger partial charge in [0.1, 0.15) is 11.4 Å². The molecule has 7 heteroatoms. The Kier molecular flexibility index (Phi) is 6.69. The first kappa shape index (κ1) is 20.7. The lowest BCUT2D eigenvalue weighted by Gasteiger charge is -2.29. The van der Waals surface area contributed by atoms with Gasteiger partial charge in [-0.05, 0) is 62.2 Å². The summed E-state index contributed by atoms with van der Waals surface area (Å²) in [7, 11) is -2.16. The lowest BCUT2D eigenvalue weighted by molar-refractivity contribution is 0.00699. The highest BCUT2D eigenvalue weighted by Crippen LogP contribution is 2.27. The predicted molar refractivity (Wildman–Crippen MR) is 103 cm³/mol. The zero-order valence-electron chi connectivity index (χ0n) is 15.4. The number of hydrogen-bond acceptors (Lipinski definition) is 4. The molecule has 2 rings (SSSR count). The molecule has 0 aromatic heterocycles. The molecule has 0 heterocycles. The summed E-state index contributed by atoms with van der Waals surface area (Å²) in [6.07, 6.45) is 0. The lowest BCUT2D eigenvalue weighted by atomic mass is 9.96. The molecule has 0 fully saturated rings. The molecule has 1 N–H and O–H groups in total. The Morgan fingerprint density at radius 2 is 1.92 bits per heavy atom. The lowest BCUT2D eigenvalue weighted by Crippen LogP contribution is -2.40. The molecule has 0 bridgehead atoms. The molecule has 0 aliphatic rings. The highest BCUT2D eigenvalue weighted by Gasteiger charge is 2.29. The van der Waals surface area contributed by atoms with Crippen molar-refractivity contribution in [3.8, 4) is 5.75 Å². The molecule has 5 nitrogen and oxygen atoms in total. The zero-order valence-corrected chi connectivity index (χ0v) is 16.9. The van der Waals surface area contributed by atoms with Crippen LogP contribution >= 0.6 is 11.6 Å². The Morgan fingerprint density at radius 1 is 1.19 bits per heavy atom. The van der Waals surface area contributed by atoms with Crippen molar-refractivity contribution in [2.45, 2.75) is 31.3 Å². The summed E-state index contributed by atoms with van der Waals surface area (Å²) in [4.78, 5) is 0.183. The zero-order chi connectivity index (χ0) is 19.4. The molecule has 0 saturated heterocycles. The first-order valence-electron chi connectivity index (χ1n) is 8.26. The molecule has 1 atom stereocenters. The number of nitrogens with one attached hydrogen (secondary N) is 1. The van der Waals surface area contributed by atoms with Crippen LogP contribution in [0.2, 0.25) is 5.02 Å². The van der Waals surface area contributed by atoms with Crippen molar-refractivity contribution in [2.75, 3.05) is 20.3 Å². The average Bonchev–Trinajstić information content (AvgIpc) is 2.61. The molecule has 2 aromatic carbocycles. The van der Waals surface area contributed by atoms with E-state index in [9.17, 15) is 8.42 Å². The Labute approximate surface area is 160 Å². The van der Waals surface area contributed by atoms with Gasteiger partial charge in [-0.3, -0.25) is 0 Å². The number of methoxy groups -OCH3 is 1. The fourth-order valence-electron chi connectivity index (χ4n) is 2.53. The van der Waals surface area contributed by atoms with E-state index < -0.39 is 15.6 Å². The van der Waals surface area contributed by atoms with Crippen molar-refractivity contribution >= 4 is 21.6 Å². The van der Waals surface area contributed by atoms with Gasteiger partial charge in [-0.25, -0.2) is 13.1 Å². The maximum Gasteiger partial charge on any atom is 0.240 e. The SMILES string of the molecule is CCOc1ccc(S(=O)(=O)NCC(C)(OC)c2cccc(Cl)c2)cc1C. The summed E-state index contributed by atoms with van der Waals surface area (Å²) in [5.74, 6) is 0.673. The fraction of sp³-hybridized carbons (Fsp3) is 0.368. The molecule has 1 unspecified atom stereocenters. The van der Waals surface area contributed by atoms with Crippen LogP contribution in [0.3, 0.4) is 0 Å². The van der Waals surface area contributed by atoms with Crippen molar-refractivity contribution < 1.29 is 17.9 Å². The van der Waals surface area contributed by atoms with E-state index >= 15 is 0 Å². The van der Waals surface area contributed by atoms with E-state index in [-0.39, 0.29) is 11.4 Å². The van der Waals surface area contributed by atoms with E-state index in [2.05, 4.69) is 4.72 Å². The maximum atomic E-state index is 12.7. The molecule has 0 spiro atoms. The third-order valence-electron chi connectivity index (χ3n) is 4.24. The molecule has 142 valence electrons. The molecular weight excluding hydrogens is 374 g/mol. The van der Waals surface area contributed by atoms with Gasteiger partial charge < -0.3 is 9.47 Å². The summed E-state index contributed by atoms with van der Waals surface area (Å²) >= 11 is 6.05. The molecule has 0 saturated carbocycles. The van der Waals surface area contributed by atoms with Gasteiger partial charge in [0.2, 0.25) is 10.0 Å². The molecular formula is C19H24ClNO4S. The van der Waals surface area contributed by atoms with E-state index in [1.807, 2.05) is 26.8 Å². The summed E-state index contributed by atoms with van der Waals surface area (Å²) in [6, 6.07) is 12.0. The van der Waals surface area contributed by atoms with Crippen LogP contribution in [-0.2, 0) is 20.4 Å². The smallest absolute Gasteiger partial charge is 0.240 e. The van der Waals surface area contributed by atoms with Crippen molar-refractivity contribution in [1.29, 1.82) is 0 Å². The minimum atomic E-state index is -3.69. The summed E-state index contributed by atoms with van der Waals surface area (Å²) in [5.41, 5.74) is 0.704. The van der Waals surface area contributed by atoms with E-state index in [1.54, 1.807) is 30.3 Å². The van der Waals surface area contributed by atoms with Gasteiger partial charge in [-0.2, -0.15) is 0 Å². The van der Waals surface area contributed by atoms with Gasteiger partial charge in [-0.1, -0.05) is 23.7 Å². The maximum absolute atomic E-state index is 12.7. The van der Waals surface area contributed by atoms with Gasteiger partial charge in [-0.15, -0.1) is 0 Å². The first-order chi connectivity index (χ1) is 12.2. The number of aryl methyl sites for hydroxylation is 1. The van der Waals surface area contributed by atoms with Crippen LogP contribution in [0.1, 0.15) is 25.0 Å². The second-order valence-electron chi connectivity index (χ2n) is 6.13. The first-order valence-corrected chi connectivity index (χ1v) is 10.1. The highest BCUT2D eigenvalue weighted by atomic mass is 35.5. The van der Waals surface area contributed by atoms with Crippen molar-refractivity contribution in [3.63, 3.8) is 0 Å². The molecule has 0 radical (unpaired) electrons.